The summed E-state index contributed by atoms with van der Waals surface area (Å²) in [5.41, 5.74) is 0.665. The van der Waals surface area contributed by atoms with Crippen LogP contribution in [0.25, 0.3) is 10.8 Å². The summed E-state index contributed by atoms with van der Waals surface area (Å²) in [4.78, 5) is 29.4. The number of carbonyl (C=O) groups is 1. The number of rotatable bonds is 5. The third-order valence-corrected chi connectivity index (χ3v) is 6.56. The summed E-state index contributed by atoms with van der Waals surface area (Å²) >= 11 is 0. The third kappa shape index (κ3) is 4.45. The maximum Gasteiger partial charge on any atom is 0.258 e. The molecule has 2 aliphatic heterocycles. The zero-order chi connectivity index (χ0) is 22.6. The van der Waals surface area contributed by atoms with Gasteiger partial charge in [0.15, 0.2) is 0 Å². The van der Waals surface area contributed by atoms with Crippen molar-refractivity contribution in [3.63, 3.8) is 0 Å². The van der Waals surface area contributed by atoms with Crippen LogP contribution in [0.4, 0.5) is 11.8 Å². The number of anilines is 2. The first-order valence-electron chi connectivity index (χ1n) is 12.0. The number of carbonyl (C=O) groups excluding carboxylic acids is 1. The van der Waals surface area contributed by atoms with Crippen molar-refractivity contribution in [3.8, 4) is 5.75 Å². The van der Waals surface area contributed by atoms with Gasteiger partial charge in [0.05, 0.1) is 12.2 Å². The van der Waals surface area contributed by atoms with E-state index in [9.17, 15) is 4.79 Å². The number of hydrogen-bond acceptors (Lipinski definition) is 6. The molecule has 2 aliphatic rings. The minimum absolute atomic E-state index is 0.0339. The molecule has 7 nitrogen and oxygen atoms in total. The smallest absolute Gasteiger partial charge is 0.258 e. The molecule has 7 heteroatoms. The van der Waals surface area contributed by atoms with E-state index < -0.39 is 0 Å². The fourth-order valence-corrected chi connectivity index (χ4v) is 4.81. The second kappa shape index (κ2) is 9.65. The Morgan fingerprint density at radius 2 is 1.70 bits per heavy atom. The fourth-order valence-electron chi connectivity index (χ4n) is 4.81. The number of fused-ring (bicyclic) bond motifs is 1. The van der Waals surface area contributed by atoms with Gasteiger partial charge in [0, 0.05) is 45.5 Å². The first-order chi connectivity index (χ1) is 16.2. The quantitative estimate of drug-likeness (QED) is 0.592. The highest BCUT2D eigenvalue weighted by atomic mass is 16.5. The molecule has 172 valence electrons. The molecule has 3 heterocycles. The highest BCUT2D eigenvalue weighted by Crippen LogP contribution is 2.30. The second-order valence-corrected chi connectivity index (χ2v) is 8.63. The average Bonchev–Trinajstić information content (AvgIpc) is 2.89. The summed E-state index contributed by atoms with van der Waals surface area (Å²) in [7, 11) is 0. The number of piperazine rings is 1. The van der Waals surface area contributed by atoms with Crippen LogP contribution in [-0.2, 0) is 0 Å². The maximum atomic E-state index is 13.6. The molecule has 2 saturated heterocycles. The lowest BCUT2D eigenvalue weighted by molar-refractivity contribution is 0.0744. The predicted octanol–water partition coefficient (Wildman–Crippen LogP) is 3.98. The fraction of sp³-hybridized carbons (Fsp3) is 0.423. The summed E-state index contributed by atoms with van der Waals surface area (Å²) in [6.45, 7) is 7.32. The lowest BCUT2D eigenvalue weighted by Crippen LogP contribution is -2.49. The molecule has 2 aromatic carbocycles. The van der Waals surface area contributed by atoms with Gasteiger partial charge in [0.1, 0.15) is 11.6 Å². The Labute approximate surface area is 195 Å². The van der Waals surface area contributed by atoms with E-state index in [-0.39, 0.29) is 5.91 Å². The van der Waals surface area contributed by atoms with Gasteiger partial charge in [-0.3, -0.25) is 4.79 Å². The van der Waals surface area contributed by atoms with Gasteiger partial charge in [0.2, 0.25) is 5.95 Å². The van der Waals surface area contributed by atoms with E-state index in [0.717, 1.165) is 48.7 Å². The summed E-state index contributed by atoms with van der Waals surface area (Å²) in [5, 5.41) is 1.99. The van der Waals surface area contributed by atoms with Crippen LogP contribution in [0.15, 0.2) is 48.7 Å². The number of aromatic nitrogens is 2. The van der Waals surface area contributed by atoms with Gasteiger partial charge in [-0.25, -0.2) is 4.98 Å². The molecule has 0 unspecified atom stereocenters. The van der Waals surface area contributed by atoms with Gasteiger partial charge in [-0.05, 0) is 49.1 Å². The number of benzene rings is 2. The van der Waals surface area contributed by atoms with Crippen molar-refractivity contribution in [2.45, 2.75) is 26.2 Å². The number of amides is 1. The number of piperidine rings is 1. The first kappa shape index (κ1) is 21.5. The first-order valence-corrected chi connectivity index (χ1v) is 12.0. The predicted molar refractivity (Wildman–Crippen MR) is 131 cm³/mol. The number of hydrogen-bond donors (Lipinski definition) is 0. The van der Waals surface area contributed by atoms with Crippen LogP contribution in [0.3, 0.4) is 0 Å². The average molecular weight is 446 g/mol. The molecule has 1 amide bonds. The van der Waals surface area contributed by atoms with Crippen molar-refractivity contribution in [1.29, 1.82) is 0 Å². The molecule has 0 N–H and O–H groups in total. The molecule has 0 radical (unpaired) electrons. The molecular formula is C26H31N5O2. The van der Waals surface area contributed by atoms with E-state index >= 15 is 0 Å². The van der Waals surface area contributed by atoms with Crippen LogP contribution in [-0.4, -0.2) is 66.7 Å². The molecule has 0 atom stereocenters. The van der Waals surface area contributed by atoms with Gasteiger partial charge in [-0.2, -0.15) is 4.98 Å². The van der Waals surface area contributed by atoms with E-state index in [0.29, 0.717) is 31.0 Å². The molecule has 1 aromatic heterocycles. The van der Waals surface area contributed by atoms with Crippen LogP contribution in [0, 0.1) is 0 Å². The minimum Gasteiger partial charge on any atom is -0.493 e. The Balaban J connectivity index is 1.32. The Bertz CT molecular complexity index is 1120. The summed E-state index contributed by atoms with van der Waals surface area (Å²) < 4.78 is 5.84. The Morgan fingerprint density at radius 1 is 0.909 bits per heavy atom. The largest absolute Gasteiger partial charge is 0.493 e. The SMILES string of the molecule is CCOc1ccc2ccccc2c1C(=O)N1CCN(c2ccnc(N3CCCCC3)n2)CC1. The maximum absolute atomic E-state index is 13.6. The lowest BCUT2D eigenvalue weighted by Gasteiger charge is -2.36. The van der Waals surface area contributed by atoms with Crippen molar-refractivity contribution in [2.24, 2.45) is 0 Å². The van der Waals surface area contributed by atoms with Crippen LogP contribution < -0.4 is 14.5 Å². The van der Waals surface area contributed by atoms with Gasteiger partial charge in [-0.15, -0.1) is 0 Å². The van der Waals surface area contributed by atoms with E-state index in [2.05, 4.69) is 14.8 Å². The Morgan fingerprint density at radius 3 is 2.48 bits per heavy atom. The molecule has 33 heavy (non-hydrogen) atoms. The van der Waals surface area contributed by atoms with E-state index in [4.69, 9.17) is 9.72 Å². The van der Waals surface area contributed by atoms with E-state index in [1.165, 1.54) is 19.3 Å². The Hall–Kier alpha value is -3.35. The highest BCUT2D eigenvalue weighted by Gasteiger charge is 2.27. The third-order valence-electron chi connectivity index (χ3n) is 6.56. The molecule has 0 saturated carbocycles. The molecular weight excluding hydrogens is 414 g/mol. The lowest BCUT2D eigenvalue weighted by atomic mass is 10.0. The van der Waals surface area contributed by atoms with Crippen molar-refractivity contribution >= 4 is 28.4 Å². The topological polar surface area (TPSA) is 61.8 Å². The standard InChI is InChI=1S/C26H31N5O2/c1-2-33-22-11-10-20-8-4-5-9-21(20)24(22)25(32)30-18-16-29(17-19-30)23-12-13-27-26(28-23)31-14-6-3-7-15-31/h4-5,8-13H,2-3,6-7,14-19H2,1H3. The van der Waals surface area contributed by atoms with Crippen molar-refractivity contribution < 1.29 is 9.53 Å². The van der Waals surface area contributed by atoms with Crippen LogP contribution in [0.5, 0.6) is 5.75 Å². The van der Waals surface area contributed by atoms with Gasteiger partial charge in [0.25, 0.3) is 5.91 Å². The van der Waals surface area contributed by atoms with E-state index in [1.807, 2.05) is 60.5 Å². The van der Waals surface area contributed by atoms with E-state index in [1.54, 1.807) is 0 Å². The number of nitrogens with zero attached hydrogens (tertiary/aromatic N) is 5. The monoisotopic (exact) mass is 445 g/mol. The zero-order valence-electron chi connectivity index (χ0n) is 19.2. The summed E-state index contributed by atoms with van der Waals surface area (Å²) in [5.74, 6) is 2.46. The van der Waals surface area contributed by atoms with Crippen LogP contribution >= 0.6 is 0 Å². The van der Waals surface area contributed by atoms with Crippen molar-refractivity contribution in [1.82, 2.24) is 14.9 Å². The second-order valence-electron chi connectivity index (χ2n) is 8.63. The van der Waals surface area contributed by atoms with Crippen LogP contribution in [0.1, 0.15) is 36.5 Å². The van der Waals surface area contributed by atoms with Gasteiger partial charge < -0.3 is 19.4 Å². The number of ether oxygens (including phenoxy) is 1. The van der Waals surface area contributed by atoms with Gasteiger partial charge in [-0.1, -0.05) is 30.3 Å². The molecule has 2 fully saturated rings. The van der Waals surface area contributed by atoms with Crippen LogP contribution in [0.2, 0.25) is 0 Å². The van der Waals surface area contributed by atoms with Gasteiger partial charge >= 0.3 is 0 Å². The highest BCUT2D eigenvalue weighted by molar-refractivity contribution is 6.09. The normalized spacial score (nSPS) is 16.8. The van der Waals surface area contributed by atoms with Crippen molar-refractivity contribution in [3.05, 3.63) is 54.2 Å². The minimum atomic E-state index is 0.0339. The Kier molecular flexibility index (Phi) is 6.28. The van der Waals surface area contributed by atoms with Crippen molar-refractivity contribution in [2.75, 3.05) is 55.7 Å². The molecule has 0 aliphatic carbocycles. The molecule has 3 aromatic rings. The molecule has 5 rings (SSSR count). The zero-order valence-corrected chi connectivity index (χ0v) is 19.2. The molecule has 0 spiro atoms. The molecule has 0 bridgehead atoms. The summed E-state index contributed by atoms with van der Waals surface area (Å²) in [6.07, 6.45) is 5.54. The summed E-state index contributed by atoms with van der Waals surface area (Å²) in [6, 6.07) is 13.9.